The summed E-state index contributed by atoms with van der Waals surface area (Å²) >= 11 is 12.1. The van der Waals surface area contributed by atoms with Crippen LogP contribution in [0.2, 0.25) is 10.0 Å². The van der Waals surface area contributed by atoms with Gasteiger partial charge in [-0.3, -0.25) is 0 Å². The maximum absolute atomic E-state index is 12.3. The predicted molar refractivity (Wildman–Crippen MR) is 83.1 cm³/mol. The zero-order chi connectivity index (χ0) is 15.5. The van der Waals surface area contributed by atoms with Crippen molar-refractivity contribution in [2.24, 2.45) is 5.73 Å². The van der Waals surface area contributed by atoms with Crippen molar-refractivity contribution in [3.05, 3.63) is 27.7 Å². The number of nitrogens with one attached hydrogen (secondary N) is 1. The van der Waals surface area contributed by atoms with E-state index in [0.717, 1.165) is 19.3 Å². The molecule has 1 saturated heterocycles. The Labute approximate surface area is 134 Å². The van der Waals surface area contributed by atoms with Gasteiger partial charge >= 0.3 is 0 Å². The molecule has 118 valence electrons. The Balaban J connectivity index is 2.15. The predicted octanol–water partition coefficient (Wildman–Crippen LogP) is 2.30. The molecule has 1 unspecified atom stereocenters. The Hall–Kier alpha value is -0.370. The maximum atomic E-state index is 12.3. The maximum Gasteiger partial charge on any atom is 0.242 e. The van der Waals surface area contributed by atoms with Crippen LogP contribution in [-0.2, 0) is 21.3 Å². The number of sulfonamides is 1. The van der Waals surface area contributed by atoms with Gasteiger partial charge in [-0.25, -0.2) is 13.1 Å². The number of benzene rings is 1. The first-order valence-corrected chi connectivity index (χ1v) is 8.98. The van der Waals surface area contributed by atoms with Crippen LogP contribution in [0.15, 0.2) is 17.0 Å². The summed E-state index contributed by atoms with van der Waals surface area (Å²) in [5.74, 6) is 0. The second-order valence-corrected chi connectivity index (χ2v) is 7.40. The molecule has 21 heavy (non-hydrogen) atoms. The van der Waals surface area contributed by atoms with E-state index in [1.54, 1.807) is 0 Å². The van der Waals surface area contributed by atoms with E-state index in [1.165, 1.54) is 12.1 Å². The van der Waals surface area contributed by atoms with Crippen LogP contribution in [-0.4, -0.2) is 27.7 Å². The van der Waals surface area contributed by atoms with E-state index in [0.29, 0.717) is 17.2 Å². The minimum absolute atomic E-state index is 0.00942. The van der Waals surface area contributed by atoms with Gasteiger partial charge in [-0.15, -0.1) is 0 Å². The van der Waals surface area contributed by atoms with Crippen molar-refractivity contribution in [3.63, 3.8) is 0 Å². The molecule has 1 atom stereocenters. The minimum Gasteiger partial charge on any atom is -0.377 e. The number of halogens is 2. The molecular weight excluding hydrogens is 335 g/mol. The first-order valence-electron chi connectivity index (χ1n) is 6.74. The second-order valence-electron chi connectivity index (χ2n) is 4.88. The molecule has 5 nitrogen and oxygen atoms in total. The van der Waals surface area contributed by atoms with Crippen LogP contribution in [0, 0.1) is 0 Å². The SMILES string of the molecule is NCc1c(Cl)ccc(S(=O)(=O)NCC2CCCCO2)c1Cl. The minimum atomic E-state index is -3.72. The van der Waals surface area contributed by atoms with Crippen molar-refractivity contribution >= 4 is 33.2 Å². The monoisotopic (exact) mass is 352 g/mol. The van der Waals surface area contributed by atoms with Crippen molar-refractivity contribution < 1.29 is 13.2 Å². The molecule has 1 fully saturated rings. The first-order chi connectivity index (χ1) is 9.95. The highest BCUT2D eigenvalue weighted by Gasteiger charge is 2.23. The molecule has 8 heteroatoms. The van der Waals surface area contributed by atoms with Crippen molar-refractivity contribution in [1.82, 2.24) is 4.72 Å². The number of ether oxygens (including phenoxy) is 1. The second kappa shape index (κ2) is 7.26. The smallest absolute Gasteiger partial charge is 0.242 e. The summed E-state index contributed by atoms with van der Waals surface area (Å²) in [5, 5.41) is 0.430. The van der Waals surface area contributed by atoms with Gasteiger partial charge in [-0.2, -0.15) is 0 Å². The molecule has 0 bridgehead atoms. The van der Waals surface area contributed by atoms with Gasteiger partial charge in [0.1, 0.15) is 4.90 Å². The Kier molecular flexibility index (Phi) is 5.88. The normalized spacial score (nSPS) is 19.7. The van der Waals surface area contributed by atoms with Gasteiger partial charge in [0.15, 0.2) is 0 Å². The van der Waals surface area contributed by atoms with E-state index >= 15 is 0 Å². The number of nitrogens with two attached hydrogens (primary N) is 1. The van der Waals surface area contributed by atoms with Gasteiger partial charge < -0.3 is 10.5 Å². The zero-order valence-electron chi connectivity index (χ0n) is 11.4. The van der Waals surface area contributed by atoms with E-state index in [2.05, 4.69) is 4.72 Å². The highest BCUT2D eigenvalue weighted by Crippen LogP contribution is 2.30. The third kappa shape index (κ3) is 4.09. The molecule has 1 aliphatic rings. The molecule has 0 aliphatic carbocycles. The van der Waals surface area contributed by atoms with E-state index in [1.807, 2.05) is 0 Å². The largest absolute Gasteiger partial charge is 0.377 e. The van der Waals surface area contributed by atoms with E-state index in [4.69, 9.17) is 33.7 Å². The fourth-order valence-corrected chi connectivity index (χ4v) is 4.22. The van der Waals surface area contributed by atoms with Crippen molar-refractivity contribution in [3.8, 4) is 0 Å². The number of rotatable bonds is 5. The number of hydrogen-bond acceptors (Lipinski definition) is 4. The lowest BCUT2D eigenvalue weighted by Gasteiger charge is -2.23. The average Bonchev–Trinajstić information content (AvgIpc) is 2.46. The summed E-state index contributed by atoms with van der Waals surface area (Å²) in [5.41, 5.74) is 5.98. The Bertz CT molecular complexity index is 602. The fraction of sp³-hybridized carbons (Fsp3) is 0.538. The Morgan fingerprint density at radius 1 is 1.33 bits per heavy atom. The lowest BCUT2D eigenvalue weighted by atomic mass is 10.1. The van der Waals surface area contributed by atoms with Gasteiger partial charge in [0.25, 0.3) is 0 Å². The van der Waals surface area contributed by atoms with Gasteiger partial charge in [0.2, 0.25) is 10.0 Å². The summed E-state index contributed by atoms with van der Waals surface area (Å²) in [6, 6.07) is 2.87. The van der Waals surface area contributed by atoms with Crippen LogP contribution in [0.1, 0.15) is 24.8 Å². The van der Waals surface area contributed by atoms with Crippen molar-refractivity contribution in [1.29, 1.82) is 0 Å². The topological polar surface area (TPSA) is 81.4 Å². The van der Waals surface area contributed by atoms with Gasteiger partial charge in [-0.05, 0) is 31.4 Å². The third-order valence-corrected chi connectivity index (χ3v) is 5.78. The van der Waals surface area contributed by atoms with E-state index in [9.17, 15) is 8.42 Å². The highest BCUT2D eigenvalue weighted by molar-refractivity contribution is 7.89. The van der Waals surface area contributed by atoms with Gasteiger partial charge in [-0.1, -0.05) is 23.2 Å². The van der Waals surface area contributed by atoms with Crippen LogP contribution in [0.5, 0.6) is 0 Å². The molecule has 3 N–H and O–H groups in total. The molecule has 0 radical (unpaired) electrons. The molecular formula is C13H18Cl2N2O3S. The van der Waals surface area contributed by atoms with Gasteiger partial charge in [0, 0.05) is 30.3 Å². The van der Waals surface area contributed by atoms with Gasteiger partial charge in [0.05, 0.1) is 11.1 Å². The molecule has 0 saturated carbocycles. The third-order valence-electron chi connectivity index (χ3n) is 3.42. The molecule has 1 aromatic rings. The summed E-state index contributed by atoms with van der Waals surface area (Å²) in [6.45, 7) is 0.984. The molecule has 1 aromatic carbocycles. The molecule has 0 amide bonds. The Morgan fingerprint density at radius 2 is 2.10 bits per heavy atom. The summed E-state index contributed by atoms with van der Waals surface area (Å²) in [6.07, 6.45) is 2.83. The van der Waals surface area contributed by atoms with Crippen molar-refractivity contribution in [2.45, 2.75) is 36.8 Å². The lowest BCUT2D eigenvalue weighted by molar-refractivity contribution is 0.0200. The quantitative estimate of drug-likeness (QED) is 0.851. The molecule has 1 aliphatic heterocycles. The summed E-state index contributed by atoms with van der Waals surface area (Å²) in [4.78, 5) is -0.00942. The molecule has 1 heterocycles. The first kappa shape index (κ1) is 17.0. The average molecular weight is 353 g/mol. The molecule has 2 rings (SSSR count). The summed E-state index contributed by atoms with van der Waals surface area (Å²) in [7, 11) is -3.72. The molecule has 0 aromatic heterocycles. The lowest BCUT2D eigenvalue weighted by Crippen LogP contribution is -2.35. The van der Waals surface area contributed by atoms with Crippen molar-refractivity contribution in [2.75, 3.05) is 13.2 Å². The van der Waals surface area contributed by atoms with E-state index in [-0.39, 0.29) is 29.1 Å². The summed E-state index contributed by atoms with van der Waals surface area (Å²) < 4.78 is 32.7. The standard InChI is InChI=1S/C13H18Cl2N2O3S/c14-11-4-5-12(13(15)10(11)7-16)21(18,19)17-8-9-3-1-2-6-20-9/h4-5,9,17H,1-3,6-8,16H2. The highest BCUT2D eigenvalue weighted by atomic mass is 35.5. The van der Waals surface area contributed by atoms with Crippen LogP contribution >= 0.6 is 23.2 Å². The van der Waals surface area contributed by atoms with Crippen LogP contribution < -0.4 is 10.5 Å². The number of hydrogen-bond donors (Lipinski definition) is 2. The zero-order valence-corrected chi connectivity index (χ0v) is 13.8. The van der Waals surface area contributed by atoms with Crippen LogP contribution in [0.4, 0.5) is 0 Å². The van der Waals surface area contributed by atoms with E-state index < -0.39 is 10.0 Å². The van der Waals surface area contributed by atoms with Crippen LogP contribution in [0.3, 0.4) is 0 Å². The fourth-order valence-electron chi connectivity index (χ4n) is 2.22. The molecule has 0 spiro atoms. The Morgan fingerprint density at radius 3 is 2.71 bits per heavy atom. The van der Waals surface area contributed by atoms with Crippen LogP contribution in [0.25, 0.3) is 0 Å².